The summed E-state index contributed by atoms with van der Waals surface area (Å²) in [5.41, 5.74) is 0.631. The molecule has 1 heterocycles. The second kappa shape index (κ2) is 6.31. The van der Waals surface area contributed by atoms with Crippen molar-refractivity contribution in [2.75, 3.05) is 6.61 Å². The number of rotatable bonds is 4. The van der Waals surface area contributed by atoms with Gasteiger partial charge in [-0.15, -0.1) is 0 Å². The number of nitrogens with zero attached hydrogens (tertiary/aromatic N) is 1. The van der Waals surface area contributed by atoms with Crippen molar-refractivity contribution in [3.8, 4) is 0 Å². The third-order valence-electron chi connectivity index (χ3n) is 2.13. The van der Waals surface area contributed by atoms with E-state index in [0.29, 0.717) is 13.0 Å². The highest BCUT2D eigenvalue weighted by Crippen LogP contribution is 2.11. The average molecular weight is 265 g/mol. The first-order valence-corrected chi connectivity index (χ1v) is 6.09. The third kappa shape index (κ3) is 5.99. The maximum Gasteiger partial charge on any atom is 0.357 e. The molecular weight excluding hydrogens is 246 g/mol. The lowest BCUT2D eigenvalue weighted by Crippen LogP contribution is -2.24. The average Bonchev–Trinajstić information content (AvgIpc) is 2.27. The Morgan fingerprint density at radius 2 is 1.95 bits per heavy atom. The van der Waals surface area contributed by atoms with Crippen molar-refractivity contribution in [2.24, 2.45) is 0 Å². The van der Waals surface area contributed by atoms with E-state index in [1.54, 1.807) is 39.1 Å². The lowest BCUT2D eigenvalue weighted by Gasteiger charge is -2.19. The molecule has 0 aliphatic rings. The number of esters is 2. The Hall–Kier alpha value is -1.91. The van der Waals surface area contributed by atoms with Crippen LogP contribution in [0.3, 0.4) is 0 Å². The van der Waals surface area contributed by atoms with Crippen LogP contribution in [0.15, 0.2) is 18.3 Å². The van der Waals surface area contributed by atoms with Gasteiger partial charge in [0.25, 0.3) is 0 Å². The van der Waals surface area contributed by atoms with E-state index in [9.17, 15) is 9.59 Å². The molecule has 0 bridgehead atoms. The van der Waals surface area contributed by atoms with Crippen molar-refractivity contribution in [2.45, 2.75) is 39.7 Å². The molecule has 0 aromatic carbocycles. The minimum absolute atomic E-state index is 0.270. The number of carbonyl (C=O) groups is 2. The molecule has 0 unspecified atom stereocenters. The van der Waals surface area contributed by atoms with Crippen molar-refractivity contribution in [3.05, 3.63) is 29.6 Å². The van der Waals surface area contributed by atoms with Crippen LogP contribution in [0.4, 0.5) is 0 Å². The Morgan fingerprint density at radius 3 is 2.42 bits per heavy atom. The van der Waals surface area contributed by atoms with E-state index in [0.717, 1.165) is 5.56 Å². The second-order valence-corrected chi connectivity index (χ2v) is 5.14. The number of aromatic nitrogens is 1. The molecule has 0 radical (unpaired) electrons. The molecule has 19 heavy (non-hydrogen) atoms. The van der Waals surface area contributed by atoms with Crippen LogP contribution in [-0.2, 0) is 20.7 Å². The summed E-state index contributed by atoms with van der Waals surface area (Å²) in [6.45, 7) is 7.09. The number of hydrogen-bond acceptors (Lipinski definition) is 5. The molecule has 0 atom stereocenters. The third-order valence-corrected chi connectivity index (χ3v) is 2.13. The molecule has 0 aliphatic carbocycles. The molecule has 1 aromatic heterocycles. The predicted molar refractivity (Wildman–Crippen MR) is 69.7 cm³/mol. The molecule has 0 fully saturated rings. The molecule has 0 N–H and O–H groups in total. The molecule has 0 amide bonds. The fourth-order valence-electron chi connectivity index (χ4n) is 1.34. The second-order valence-electron chi connectivity index (χ2n) is 5.14. The highest BCUT2D eigenvalue weighted by atomic mass is 16.6. The van der Waals surface area contributed by atoms with Gasteiger partial charge in [0.05, 0.1) is 6.61 Å². The Kier molecular flexibility index (Phi) is 5.03. The van der Waals surface area contributed by atoms with Gasteiger partial charge in [-0.2, -0.15) is 0 Å². The Bertz CT molecular complexity index is 446. The summed E-state index contributed by atoms with van der Waals surface area (Å²) in [5, 5.41) is 0. The van der Waals surface area contributed by atoms with Crippen molar-refractivity contribution in [3.63, 3.8) is 0 Å². The maximum absolute atomic E-state index is 11.7. The van der Waals surface area contributed by atoms with Gasteiger partial charge in [-0.25, -0.2) is 9.78 Å². The summed E-state index contributed by atoms with van der Waals surface area (Å²) in [7, 11) is 0. The van der Waals surface area contributed by atoms with Gasteiger partial charge in [0.1, 0.15) is 11.3 Å². The monoisotopic (exact) mass is 265 g/mol. The van der Waals surface area contributed by atoms with E-state index >= 15 is 0 Å². The van der Waals surface area contributed by atoms with Crippen LogP contribution in [0, 0.1) is 0 Å². The van der Waals surface area contributed by atoms with Crippen molar-refractivity contribution in [1.82, 2.24) is 4.98 Å². The molecule has 0 aliphatic heterocycles. The number of carbonyl (C=O) groups excluding carboxylic acids is 2. The zero-order valence-corrected chi connectivity index (χ0v) is 11.7. The van der Waals surface area contributed by atoms with Gasteiger partial charge in [-0.05, 0) is 32.4 Å². The molecule has 0 saturated heterocycles. The smallest absolute Gasteiger partial charge is 0.357 e. The molecule has 0 saturated carbocycles. The first kappa shape index (κ1) is 15.1. The molecule has 5 heteroatoms. The van der Waals surface area contributed by atoms with E-state index in [2.05, 4.69) is 4.98 Å². The first-order chi connectivity index (χ1) is 8.78. The molecule has 1 rings (SSSR count). The summed E-state index contributed by atoms with van der Waals surface area (Å²) in [6.07, 6.45) is 2.16. The van der Waals surface area contributed by atoms with Gasteiger partial charge in [0, 0.05) is 19.5 Å². The Morgan fingerprint density at radius 1 is 1.26 bits per heavy atom. The van der Waals surface area contributed by atoms with Gasteiger partial charge in [0.15, 0.2) is 0 Å². The molecular formula is C14H19NO4. The van der Waals surface area contributed by atoms with E-state index in [4.69, 9.17) is 9.47 Å². The molecule has 0 spiro atoms. The largest absolute Gasteiger partial charge is 0.466 e. The Labute approximate surface area is 112 Å². The number of hydrogen-bond donors (Lipinski definition) is 0. The summed E-state index contributed by atoms with van der Waals surface area (Å²) < 4.78 is 10.0. The standard InChI is InChI=1S/C14H19NO4/c1-10(16)18-8-7-11-5-6-12(15-9-11)13(17)19-14(2,3)4/h5-6,9H,7-8H2,1-4H3. The lowest BCUT2D eigenvalue weighted by molar-refractivity contribution is -0.140. The van der Waals surface area contributed by atoms with Crippen LogP contribution in [-0.4, -0.2) is 29.1 Å². The lowest BCUT2D eigenvalue weighted by atomic mass is 10.2. The van der Waals surface area contributed by atoms with Crippen LogP contribution < -0.4 is 0 Å². The number of pyridine rings is 1. The topological polar surface area (TPSA) is 65.5 Å². The summed E-state index contributed by atoms with van der Waals surface area (Å²) >= 11 is 0. The minimum atomic E-state index is -0.535. The summed E-state index contributed by atoms with van der Waals surface area (Å²) in [5.74, 6) is -0.752. The zero-order valence-electron chi connectivity index (χ0n) is 11.7. The van der Waals surface area contributed by atoms with Crippen LogP contribution in [0.2, 0.25) is 0 Å². The molecule has 5 nitrogen and oxygen atoms in total. The number of ether oxygens (including phenoxy) is 2. The van der Waals surface area contributed by atoms with Crippen LogP contribution in [0.5, 0.6) is 0 Å². The van der Waals surface area contributed by atoms with Gasteiger partial charge >= 0.3 is 11.9 Å². The molecule has 1 aromatic rings. The van der Waals surface area contributed by atoms with Crippen LogP contribution in [0.25, 0.3) is 0 Å². The van der Waals surface area contributed by atoms with E-state index in [1.807, 2.05) is 0 Å². The van der Waals surface area contributed by atoms with Crippen molar-refractivity contribution in [1.29, 1.82) is 0 Å². The van der Waals surface area contributed by atoms with Crippen LogP contribution in [0.1, 0.15) is 43.7 Å². The highest BCUT2D eigenvalue weighted by Gasteiger charge is 2.18. The predicted octanol–water partition coefficient (Wildman–Crippen LogP) is 2.14. The van der Waals surface area contributed by atoms with Gasteiger partial charge in [-0.1, -0.05) is 6.07 Å². The quantitative estimate of drug-likeness (QED) is 0.780. The van der Waals surface area contributed by atoms with Crippen molar-refractivity contribution >= 4 is 11.9 Å². The van der Waals surface area contributed by atoms with Gasteiger partial charge in [-0.3, -0.25) is 4.79 Å². The maximum atomic E-state index is 11.7. The van der Waals surface area contributed by atoms with Crippen LogP contribution >= 0.6 is 0 Å². The van der Waals surface area contributed by atoms with E-state index < -0.39 is 11.6 Å². The minimum Gasteiger partial charge on any atom is -0.466 e. The van der Waals surface area contributed by atoms with E-state index in [1.165, 1.54) is 6.92 Å². The SMILES string of the molecule is CC(=O)OCCc1ccc(C(=O)OC(C)(C)C)nc1. The summed E-state index contributed by atoms with van der Waals surface area (Å²) in [4.78, 5) is 26.4. The van der Waals surface area contributed by atoms with Crippen molar-refractivity contribution < 1.29 is 19.1 Å². The zero-order chi connectivity index (χ0) is 14.5. The first-order valence-electron chi connectivity index (χ1n) is 6.09. The van der Waals surface area contributed by atoms with E-state index in [-0.39, 0.29) is 11.7 Å². The highest BCUT2D eigenvalue weighted by molar-refractivity contribution is 5.87. The normalized spacial score (nSPS) is 10.9. The fourth-order valence-corrected chi connectivity index (χ4v) is 1.34. The fraction of sp³-hybridized carbons (Fsp3) is 0.500. The van der Waals surface area contributed by atoms with Gasteiger partial charge < -0.3 is 9.47 Å². The molecule has 104 valence electrons. The van der Waals surface area contributed by atoms with Gasteiger partial charge in [0.2, 0.25) is 0 Å². The Balaban J connectivity index is 2.56. The summed E-state index contributed by atoms with van der Waals surface area (Å²) in [6, 6.07) is 3.38.